The SMILES string of the molecule is CCC(C)C(NC(=O)OC(C)(C)C)C(=O)N(C(C)CCC(C)C)C(C(=O)Nc1c(C)cccc1C)c1cccc(C)c1. The maximum Gasteiger partial charge on any atom is 0.408 e. The number of carbonyl (C=O) groups excluding carboxylic acids is 3. The van der Waals surface area contributed by atoms with Gasteiger partial charge in [0.05, 0.1) is 0 Å². The molecule has 0 aliphatic heterocycles. The highest BCUT2D eigenvalue weighted by Crippen LogP contribution is 2.31. The number of para-hydroxylation sites is 1. The normalized spacial score (nSPS) is 14.5. The fourth-order valence-electron chi connectivity index (χ4n) is 5.07. The minimum Gasteiger partial charge on any atom is -0.444 e. The van der Waals surface area contributed by atoms with E-state index in [1.54, 1.807) is 25.7 Å². The Balaban J connectivity index is 2.69. The molecule has 0 saturated heterocycles. The number of alkyl carbamates (subject to hydrolysis) is 1. The van der Waals surface area contributed by atoms with Gasteiger partial charge < -0.3 is 20.3 Å². The van der Waals surface area contributed by atoms with Crippen molar-refractivity contribution in [1.29, 1.82) is 0 Å². The summed E-state index contributed by atoms with van der Waals surface area (Å²) in [4.78, 5) is 43.7. The van der Waals surface area contributed by atoms with E-state index in [2.05, 4.69) is 24.5 Å². The van der Waals surface area contributed by atoms with E-state index in [4.69, 9.17) is 4.74 Å². The molecule has 3 amide bonds. The quantitative estimate of drug-likeness (QED) is 0.268. The molecule has 0 spiro atoms. The third-order valence-corrected chi connectivity index (χ3v) is 7.66. The van der Waals surface area contributed by atoms with Crippen molar-refractivity contribution in [2.24, 2.45) is 11.8 Å². The lowest BCUT2D eigenvalue weighted by atomic mass is 9.92. The molecule has 0 fully saturated rings. The van der Waals surface area contributed by atoms with Crippen molar-refractivity contribution in [1.82, 2.24) is 10.2 Å². The van der Waals surface area contributed by atoms with Gasteiger partial charge in [0.1, 0.15) is 17.7 Å². The molecule has 0 radical (unpaired) electrons. The summed E-state index contributed by atoms with van der Waals surface area (Å²) in [6.07, 6.45) is 1.60. The van der Waals surface area contributed by atoms with Crippen LogP contribution in [0.25, 0.3) is 0 Å². The van der Waals surface area contributed by atoms with E-state index in [1.165, 1.54) is 0 Å². The van der Waals surface area contributed by atoms with Crippen LogP contribution in [0.15, 0.2) is 42.5 Å². The molecular formula is C35H53N3O4. The van der Waals surface area contributed by atoms with Crippen LogP contribution in [-0.4, -0.2) is 40.5 Å². The minimum atomic E-state index is -0.912. The number of nitrogens with zero attached hydrogens (tertiary/aromatic N) is 1. The smallest absolute Gasteiger partial charge is 0.408 e. The average Bonchev–Trinajstić information content (AvgIpc) is 2.89. The molecule has 7 heteroatoms. The van der Waals surface area contributed by atoms with E-state index in [-0.39, 0.29) is 23.8 Å². The summed E-state index contributed by atoms with van der Waals surface area (Å²) in [5, 5.41) is 6.03. The molecule has 2 aromatic rings. The Hall–Kier alpha value is -3.35. The van der Waals surface area contributed by atoms with E-state index >= 15 is 0 Å². The molecule has 42 heavy (non-hydrogen) atoms. The number of carbonyl (C=O) groups is 3. The summed E-state index contributed by atoms with van der Waals surface area (Å²) in [6, 6.07) is 11.6. The fraction of sp³-hybridized carbons (Fsp3) is 0.571. The molecule has 0 aliphatic rings. The second-order valence-electron chi connectivity index (χ2n) is 13.1. The number of hydrogen-bond donors (Lipinski definition) is 2. The van der Waals surface area contributed by atoms with Crippen molar-refractivity contribution in [3.8, 4) is 0 Å². The Kier molecular flexibility index (Phi) is 12.6. The van der Waals surface area contributed by atoms with Crippen LogP contribution < -0.4 is 10.6 Å². The predicted molar refractivity (Wildman–Crippen MR) is 171 cm³/mol. The standard InChI is InChI=1S/C35H53N3O4/c1-12-24(5)30(37-34(41)42-35(9,10)11)33(40)38(27(8)20-19-22(2)3)31(28-18-13-15-23(4)21-28)32(39)36-29-25(6)16-14-17-26(29)7/h13-18,21-22,24,27,30-31H,12,19-20H2,1-11H3,(H,36,39)(H,37,41). The van der Waals surface area contributed by atoms with Crippen LogP contribution in [-0.2, 0) is 14.3 Å². The first-order valence-corrected chi connectivity index (χ1v) is 15.3. The van der Waals surface area contributed by atoms with E-state index in [0.717, 1.165) is 34.4 Å². The number of nitrogens with one attached hydrogen (secondary N) is 2. The molecule has 0 bridgehead atoms. The number of anilines is 1. The predicted octanol–water partition coefficient (Wildman–Crippen LogP) is 7.88. The Morgan fingerprint density at radius 1 is 0.905 bits per heavy atom. The lowest BCUT2D eigenvalue weighted by Gasteiger charge is -2.40. The summed E-state index contributed by atoms with van der Waals surface area (Å²) in [5.74, 6) is -0.349. The monoisotopic (exact) mass is 579 g/mol. The lowest BCUT2D eigenvalue weighted by molar-refractivity contribution is -0.144. The molecule has 232 valence electrons. The van der Waals surface area contributed by atoms with Crippen molar-refractivity contribution in [3.05, 3.63) is 64.7 Å². The zero-order valence-corrected chi connectivity index (χ0v) is 27.6. The number of ether oxygens (including phenoxy) is 1. The van der Waals surface area contributed by atoms with E-state index in [9.17, 15) is 14.4 Å². The number of rotatable bonds is 12. The van der Waals surface area contributed by atoms with Crippen LogP contribution in [0.1, 0.15) is 103 Å². The van der Waals surface area contributed by atoms with Crippen molar-refractivity contribution >= 4 is 23.6 Å². The second kappa shape index (κ2) is 15.2. The largest absolute Gasteiger partial charge is 0.444 e. The zero-order chi connectivity index (χ0) is 31.8. The van der Waals surface area contributed by atoms with E-state index in [0.29, 0.717) is 18.8 Å². The van der Waals surface area contributed by atoms with Crippen LogP contribution in [0, 0.1) is 32.6 Å². The summed E-state index contributed by atoms with van der Waals surface area (Å²) >= 11 is 0. The van der Waals surface area contributed by atoms with E-state index < -0.39 is 23.8 Å². The number of aryl methyl sites for hydroxylation is 3. The van der Waals surface area contributed by atoms with Gasteiger partial charge in [-0.25, -0.2) is 4.79 Å². The molecule has 0 aromatic heterocycles. The zero-order valence-electron chi connectivity index (χ0n) is 27.6. The summed E-state index contributed by atoms with van der Waals surface area (Å²) in [7, 11) is 0. The number of hydrogen-bond acceptors (Lipinski definition) is 4. The van der Waals surface area contributed by atoms with Gasteiger partial charge in [-0.15, -0.1) is 0 Å². The van der Waals surface area contributed by atoms with Gasteiger partial charge in [0.15, 0.2) is 0 Å². The topological polar surface area (TPSA) is 87.7 Å². The molecule has 4 unspecified atom stereocenters. The second-order valence-corrected chi connectivity index (χ2v) is 13.1. The van der Waals surface area contributed by atoms with Crippen LogP contribution in [0.4, 0.5) is 10.5 Å². The first-order valence-electron chi connectivity index (χ1n) is 15.3. The highest BCUT2D eigenvalue weighted by molar-refractivity contribution is 6.00. The summed E-state index contributed by atoms with van der Waals surface area (Å²) in [6.45, 7) is 21.5. The maximum absolute atomic E-state index is 14.7. The van der Waals surface area contributed by atoms with Crippen molar-refractivity contribution in [3.63, 3.8) is 0 Å². The molecule has 0 aliphatic carbocycles. The Bertz CT molecular complexity index is 1200. The first kappa shape index (κ1) is 34.8. The van der Waals surface area contributed by atoms with Gasteiger partial charge in [0.25, 0.3) is 5.91 Å². The molecule has 0 saturated carbocycles. The van der Waals surface area contributed by atoms with E-state index in [1.807, 2.05) is 84.0 Å². The van der Waals surface area contributed by atoms with Gasteiger partial charge in [-0.3, -0.25) is 9.59 Å². The minimum absolute atomic E-state index is 0.190. The van der Waals surface area contributed by atoms with Gasteiger partial charge in [-0.05, 0) is 89.8 Å². The molecular weight excluding hydrogens is 526 g/mol. The van der Waals surface area contributed by atoms with Gasteiger partial charge in [0.2, 0.25) is 5.91 Å². The van der Waals surface area contributed by atoms with Gasteiger partial charge in [-0.1, -0.05) is 82.1 Å². The average molecular weight is 580 g/mol. The van der Waals surface area contributed by atoms with Gasteiger partial charge in [0, 0.05) is 11.7 Å². The van der Waals surface area contributed by atoms with Crippen LogP contribution >= 0.6 is 0 Å². The highest BCUT2D eigenvalue weighted by atomic mass is 16.6. The maximum atomic E-state index is 14.7. The van der Waals surface area contributed by atoms with Crippen molar-refractivity contribution < 1.29 is 19.1 Å². The van der Waals surface area contributed by atoms with Gasteiger partial charge in [-0.2, -0.15) is 0 Å². The first-order chi connectivity index (χ1) is 19.5. The molecule has 7 nitrogen and oxygen atoms in total. The van der Waals surface area contributed by atoms with Crippen LogP contribution in [0.3, 0.4) is 0 Å². The number of benzene rings is 2. The van der Waals surface area contributed by atoms with Crippen molar-refractivity contribution in [2.75, 3.05) is 5.32 Å². The van der Waals surface area contributed by atoms with Crippen LogP contribution in [0.5, 0.6) is 0 Å². The Morgan fingerprint density at radius 3 is 2.02 bits per heavy atom. The molecule has 4 atom stereocenters. The number of amides is 3. The molecule has 2 aromatic carbocycles. The highest BCUT2D eigenvalue weighted by Gasteiger charge is 2.40. The molecule has 2 N–H and O–H groups in total. The Labute approximate surface area is 253 Å². The third-order valence-electron chi connectivity index (χ3n) is 7.66. The third kappa shape index (κ3) is 9.88. The fourth-order valence-corrected chi connectivity index (χ4v) is 5.07. The van der Waals surface area contributed by atoms with Gasteiger partial charge >= 0.3 is 6.09 Å². The lowest BCUT2D eigenvalue weighted by Crippen LogP contribution is -2.57. The Morgan fingerprint density at radius 2 is 1.50 bits per heavy atom. The molecule has 0 heterocycles. The summed E-state index contributed by atoms with van der Waals surface area (Å²) in [5.41, 5.74) is 3.64. The van der Waals surface area contributed by atoms with Crippen molar-refractivity contribution in [2.45, 2.75) is 119 Å². The van der Waals surface area contributed by atoms with Crippen LogP contribution in [0.2, 0.25) is 0 Å². The summed E-state index contributed by atoms with van der Waals surface area (Å²) < 4.78 is 5.55. The molecule has 2 rings (SSSR count).